The minimum Gasteiger partial charge on any atom is -0.379 e. The Hall–Kier alpha value is -0.300. The first-order valence-electron chi connectivity index (χ1n) is 3.11. The van der Waals surface area contributed by atoms with E-state index in [2.05, 4.69) is 11.4 Å². The van der Waals surface area contributed by atoms with Gasteiger partial charge >= 0.3 is 0 Å². The summed E-state index contributed by atoms with van der Waals surface area (Å²) in [4.78, 5) is 0. The summed E-state index contributed by atoms with van der Waals surface area (Å²) in [6.45, 7) is 2.97. The lowest BCUT2D eigenvalue weighted by molar-refractivity contribution is 0.137. The van der Waals surface area contributed by atoms with E-state index in [0.29, 0.717) is 6.61 Å². The van der Waals surface area contributed by atoms with Crippen molar-refractivity contribution in [2.24, 2.45) is 5.92 Å². The molecule has 1 aliphatic heterocycles. The second-order valence-electron chi connectivity index (χ2n) is 2.11. The average molecular weight is 163 g/mol. The summed E-state index contributed by atoms with van der Waals surface area (Å²) in [7, 11) is 0. The lowest BCUT2D eigenvalue weighted by atomic mass is 10.2. The zero-order valence-corrected chi connectivity index (χ0v) is 6.49. The molecule has 0 aromatic carbocycles. The Balaban J connectivity index is 0.000000810. The van der Waals surface area contributed by atoms with Crippen LogP contribution in [0.4, 0.5) is 0 Å². The Labute approximate surface area is 66.8 Å². The van der Waals surface area contributed by atoms with Crippen molar-refractivity contribution in [1.29, 1.82) is 5.26 Å². The van der Waals surface area contributed by atoms with Gasteiger partial charge in [0.15, 0.2) is 0 Å². The molecule has 10 heavy (non-hydrogen) atoms. The summed E-state index contributed by atoms with van der Waals surface area (Å²) in [6.07, 6.45) is 0. The fourth-order valence-electron chi connectivity index (χ4n) is 0.788. The predicted molar refractivity (Wildman–Crippen MR) is 40.0 cm³/mol. The third kappa shape index (κ3) is 3.02. The number of nitrogens with zero attached hydrogens (tertiary/aromatic N) is 1. The van der Waals surface area contributed by atoms with Gasteiger partial charge in [0.25, 0.3) is 0 Å². The van der Waals surface area contributed by atoms with Crippen LogP contribution >= 0.6 is 12.4 Å². The molecule has 1 fully saturated rings. The monoisotopic (exact) mass is 162 g/mol. The number of hydrogen-bond donors (Lipinski definition) is 1. The molecule has 0 spiro atoms. The molecule has 1 saturated heterocycles. The van der Waals surface area contributed by atoms with Crippen LogP contribution < -0.4 is 5.32 Å². The van der Waals surface area contributed by atoms with Gasteiger partial charge in [-0.15, -0.1) is 12.4 Å². The standard InChI is InChI=1S/C6H10N2O.ClH/c7-3-6-4-8-1-2-9-5-6;/h6,8H,1-2,4-5H2;1H. The van der Waals surface area contributed by atoms with E-state index in [1.807, 2.05) is 0 Å². The van der Waals surface area contributed by atoms with E-state index in [1.54, 1.807) is 0 Å². The Kier molecular flexibility index (Phi) is 5.32. The van der Waals surface area contributed by atoms with Crippen molar-refractivity contribution >= 4 is 12.4 Å². The van der Waals surface area contributed by atoms with Crippen molar-refractivity contribution in [2.75, 3.05) is 26.3 Å². The topological polar surface area (TPSA) is 45.0 Å². The molecule has 0 aliphatic carbocycles. The number of rotatable bonds is 0. The van der Waals surface area contributed by atoms with E-state index < -0.39 is 0 Å². The highest BCUT2D eigenvalue weighted by atomic mass is 35.5. The van der Waals surface area contributed by atoms with Crippen molar-refractivity contribution < 1.29 is 4.74 Å². The second-order valence-corrected chi connectivity index (χ2v) is 2.11. The molecule has 1 N–H and O–H groups in total. The number of nitriles is 1. The largest absolute Gasteiger partial charge is 0.379 e. The molecule has 3 nitrogen and oxygen atoms in total. The molecule has 0 aromatic rings. The Morgan fingerprint density at radius 3 is 3.10 bits per heavy atom. The number of hydrogen-bond acceptors (Lipinski definition) is 3. The molecule has 0 radical (unpaired) electrons. The van der Waals surface area contributed by atoms with E-state index in [1.165, 1.54) is 0 Å². The van der Waals surface area contributed by atoms with Gasteiger partial charge in [-0.1, -0.05) is 0 Å². The number of ether oxygens (including phenoxy) is 1. The lowest BCUT2D eigenvalue weighted by Crippen LogP contribution is -2.21. The highest BCUT2D eigenvalue weighted by molar-refractivity contribution is 5.85. The number of nitrogens with one attached hydrogen (secondary N) is 1. The summed E-state index contributed by atoms with van der Waals surface area (Å²) < 4.78 is 5.11. The molecule has 0 amide bonds. The van der Waals surface area contributed by atoms with Gasteiger partial charge in [0, 0.05) is 13.1 Å². The van der Waals surface area contributed by atoms with Crippen LogP contribution in [-0.4, -0.2) is 26.3 Å². The highest BCUT2D eigenvalue weighted by Gasteiger charge is 2.09. The van der Waals surface area contributed by atoms with Gasteiger partial charge in [0.1, 0.15) is 0 Å². The minimum atomic E-state index is 0. The maximum absolute atomic E-state index is 8.45. The first-order chi connectivity index (χ1) is 4.43. The third-order valence-corrected chi connectivity index (χ3v) is 1.32. The average Bonchev–Trinajstić information content (AvgIpc) is 2.13. The molecule has 58 valence electrons. The van der Waals surface area contributed by atoms with Gasteiger partial charge in [-0.2, -0.15) is 5.26 Å². The molecule has 0 aromatic heterocycles. The van der Waals surface area contributed by atoms with Crippen LogP contribution in [0, 0.1) is 17.2 Å². The molecule has 1 unspecified atom stereocenters. The van der Waals surface area contributed by atoms with Crippen LogP contribution in [0.5, 0.6) is 0 Å². The molecule has 0 saturated carbocycles. The normalized spacial score (nSPS) is 25.7. The van der Waals surface area contributed by atoms with Crippen molar-refractivity contribution in [3.63, 3.8) is 0 Å². The van der Waals surface area contributed by atoms with Gasteiger partial charge in [0.05, 0.1) is 25.2 Å². The smallest absolute Gasteiger partial charge is 0.0821 e. The quantitative estimate of drug-likeness (QED) is 0.552. The molecule has 1 atom stereocenters. The van der Waals surface area contributed by atoms with E-state index in [0.717, 1.165) is 19.7 Å². The van der Waals surface area contributed by atoms with Crippen LogP contribution in [0.1, 0.15) is 0 Å². The highest BCUT2D eigenvalue weighted by Crippen LogP contribution is 1.95. The van der Waals surface area contributed by atoms with Crippen LogP contribution in [0.3, 0.4) is 0 Å². The van der Waals surface area contributed by atoms with Crippen molar-refractivity contribution in [3.05, 3.63) is 0 Å². The predicted octanol–water partition coefficient (Wildman–Crippen LogP) is 0.168. The maximum Gasteiger partial charge on any atom is 0.0821 e. The van der Waals surface area contributed by atoms with Crippen LogP contribution in [0.25, 0.3) is 0 Å². The van der Waals surface area contributed by atoms with Crippen LogP contribution in [0.2, 0.25) is 0 Å². The van der Waals surface area contributed by atoms with Gasteiger partial charge in [-0.3, -0.25) is 0 Å². The van der Waals surface area contributed by atoms with Crippen molar-refractivity contribution in [3.8, 4) is 6.07 Å². The second kappa shape index (κ2) is 5.48. The van der Waals surface area contributed by atoms with Crippen LogP contribution in [-0.2, 0) is 4.74 Å². The summed E-state index contributed by atoms with van der Waals surface area (Å²) in [5, 5.41) is 11.5. The summed E-state index contributed by atoms with van der Waals surface area (Å²) in [6, 6.07) is 2.16. The molecule has 4 heteroatoms. The zero-order valence-electron chi connectivity index (χ0n) is 5.67. The zero-order chi connectivity index (χ0) is 6.53. The van der Waals surface area contributed by atoms with Gasteiger partial charge < -0.3 is 10.1 Å². The van der Waals surface area contributed by atoms with E-state index >= 15 is 0 Å². The van der Waals surface area contributed by atoms with E-state index in [4.69, 9.17) is 10.00 Å². The molecule has 1 aliphatic rings. The maximum atomic E-state index is 8.45. The minimum absolute atomic E-state index is 0. The van der Waals surface area contributed by atoms with Crippen molar-refractivity contribution in [2.45, 2.75) is 0 Å². The Bertz CT molecular complexity index is 115. The first-order valence-corrected chi connectivity index (χ1v) is 3.11. The van der Waals surface area contributed by atoms with Crippen molar-refractivity contribution in [1.82, 2.24) is 5.32 Å². The van der Waals surface area contributed by atoms with Gasteiger partial charge in [0.2, 0.25) is 0 Å². The molecule has 0 bridgehead atoms. The fraction of sp³-hybridized carbons (Fsp3) is 0.833. The SMILES string of the molecule is Cl.N#CC1CNCCOC1. The van der Waals surface area contributed by atoms with Gasteiger partial charge in [-0.05, 0) is 0 Å². The molecular formula is C6H11ClN2O. The van der Waals surface area contributed by atoms with E-state index in [-0.39, 0.29) is 18.3 Å². The van der Waals surface area contributed by atoms with Crippen LogP contribution in [0.15, 0.2) is 0 Å². The third-order valence-electron chi connectivity index (χ3n) is 1.32. The molecular weight excluding hydrogens is 152 g/mol. The number of halogens is 1. The van der Waals surface area contributed by atoms with E-state index in [9.17, 15) is 0 Å². The first kappa shape index (κ1) is 9.70. The summed E-state index contributed by atoms with van der Waals surface area (Å²) in [5.41, 5.74) is 0. The van der Waals surface area contributed by atoms with Gasteiger partial charge in [-0.25, -0.2) is 0 Å². The molecule has 1 rings (SSSR count). The lowest BCUT2D eigenvalue weighted by Gasteiger charge is -2.00. The Morgan fingerprint density at radius 2 is 2.40 bits per heavy atom. The fourth-order valence-corrected chi connectivity index (χ4v) is 0.788. The Morgan fingerprint density at radius 1 is 1.60 bits per heavy atom. The molecule has 1 heterocycles. The summed E-state index contributed by atoms with van der Waals surface area (Å²) >= 11 is 0. The summed E-state index contributed by atoms with van der Waals surface area (Å²) in [5.74, 6) is 0.0486.